The van der Waals surface area contributed by atoms with Gasteiger partial charge in [-0.25, -0.2) is 4.98 Å². The molecule has 3 heterocycles. The number of benzene rings is 1. The molecule has 29 heavy (non-hydrogen) atoms. The van der Waals surface area contributed by atoms with Crippen molar-refractivity contribution in [3.8, 4) is 11.5 Å². The number of nitrogens with one attached hydrogen (secondary N) is 1. The SMILES string of the molecule is COc1ccc(C(=O)N2CCc3nc(NC(=O)C4CCCO4)sc3C2)cc1OC. The van der Waals surface area contributed by atoms with Crippen LogP contribution < -0.4 is 14.8 Å². The summed E-state index contributed by atoms with van der Waals surface area (Å²) in [5.74, 6) is 0.883. The van der Waals surface area contributed by atoms with Crippen molar-refractivity contribution in [2.24, 2.45) is 0 Å². The number of methoxy groups -OCH3 is 2. The van der Waals surface area contributed by atoms with Crippen LogP contribution in [0.1, 0.15) is 33.8 Å². The van der Waals surface area contributed by atoms with Crippen molar-refractivity contribution in [3.63, 3.8) is 0 Å². The number of rotatable bonds is 5. The Morgan fingerprint density at radius 3 is 2.83 bits per heavy atom. The lowest BCUT2D eigenvalue weighted by molar-refractivity contribution is -0.124. The molecule has 4 rings (SSSR count). The summed E-state index contributed by atoms with van der Waals surface area (Å²) in [5, 5.41) is 3.42. The van der Waals surface area contributed by atoms with Gasteiger partial charge in [0, 0.05) is 30.0 Å². The van der Waals surface area contributed by atoms with Gasteiger partial charge in [-0.05, 0) is 31.0 Å². The van der Waals surface area contributed by atoms with E-state index in [0.29, 0.717) is 48.3 Å². The van der Waals surface area contributed by atoms with Gasteiger partial charge in [-0.1, -0.05) is 11.3 Å². The Hall–Kier alpha value is -2.65. The molecule has 2 amide bonds. The fraction of sp³-hybridized carbons (Fsp3) is 0.450. The Morgan fingerprint density at radius 2 is 2.10 bits per heavy atom. The maximum absolute atomic E-state index is 13.0. The summed E-state index contributed by atoms with van der Waals surface area (Å²) >= 11 is 1.42. The molecule has 2 aliphatic heterocycles. The number of aromatic nitrogens is 1. The van der Waals surface area contributed by atoms with Gasteiger partial charge in [0.15, 0.2) is 16.6 Å². The van der Waals surface area contributed by atoms with Crippen molar-refractivity contribution < 1.29 is 23.8 Å². The summed E-state index contributed by atoms with van der Waals surface area (Å²) in [6.07, 6.45) is 1.91. The highest BCUT2D eigenvalue weighted by Crippen LogP contribution is 2.31. The number of hydrogen-bond acceptors (Lipinski definition) is 7. The van der Waals surface area contributed by atoms with Crippen molar-refractivity contribution in [1.29, 1.82) is 0 Å². The predicted octanol–water partition coefficient (Wildman–Crippen LogP) is 2.48. The van der Waals surface area contributed by atoms with Gasteiger partial charge in [0.05, 0.1) is 26.5 Å². The van der Waals surface area contributed by atoms with Crippen molar-refractivity contribution >= 4 is 28.3 Å². The smallest absolute Gasteiger partial charge is 0.255 e. The molecule has 2 aromatic rings. The lowest BCUT2D eigenvalue weighted by atomic mass is 10.1. The highest BCUT2D eigenvalue weighted by molar-refractivity contribution is 7.15. The molecule has 154 valence electrons. The van der Waals surface area contributed by atoms with Crippen LogP contribution in [0.15, 0.2) is 18.2 Å². The Morgan fingerprint density at radius 1 is 1.28 bits per heavy atom. The van der Waals surface area contributed by atoms with Crippen molar-refractivity contribution in [2.45, 2.75) is 31.9 Å². The molecular weight excluding hydrogens is 394 g/mol. The van der Waals surface area contributed by atoms with Gasteiger partial charge in [0.25, 0.3) is 11.8 Å². The number of hydrogen-bond donors (Lipinski definition) is 1. The molecule has 1 atom stereocenters. The van der Waals surface area contributed by atoms with E-state index in [0.717, 1.165) is 23.4 Å². The number of fused-ring (bicyclic) bond motifs is 1. The van der Waals surface area contributed by atoms with Crippen LogP contribution in [0.25, 0.3) is 0 Å². The second kappa shape index (κ2) is 8.38. The molecule has 0 spiro atoms. The number of carbonyl (C=O) groups excluding carboxylic acids is 2. The minimum Gasteiger partial charge on any atom is -0.493 e. The number of amides is 2. The van der Waals surface area contributed by atoms with Crippen molar-refractivity contribution in [3.05, 3.63) is 34.3 Å². The monoisotopic (exact) mass is 417 g/mol. The second-order valence-electron chi connectivity index (χ2n) is 6.93. The van der Waals surface area contributed by atoms with Gasteiger partial charge >= 0.3 is 0 Å². The molecule has 1 aromatic heterocycles. The molecule has 1 N–H and O–H groups in total. The molecule has 1 saturated heterocycles. The quantitative estimate of drug-likeness (QED) is 0.804. The fourth-order valence-electron chi connectivity index (χ4n) is 3.54. The number of thiazole rings is 1. The Balaban J connectivity index is 1.45. The van der Waals surface area contributed by atoms with Crippen LogP contribution in [0, 0.1) is 0 Å². The summed E-state index contributed by atoms with van der Waals surface area (Å²) in [6, 6.07) is 5.16. The van der Waals surface area contributed by atoms with Crippen LogP contribution in [-0.4, -0.2) is 55.2 Å². The second-order valence-corrected chi connectivity index (χ2v) is 8.01. The first kappa shape index (κ1) is 19.7. The van der Waals surface area contributed by atoms with E-state index in [1.54, 1.807) is 37.3 Å². The number of nitrogens with zero attached hydrogens (tertiary/aromatic N) is 2. The number of carbonyl (C=O) groups is 2. The van der Waals surface area contributed by atoms with E-state index < -0.39 is 0 Å². The molecule has 8 nitrogen and oxygen atoms in total. The summed E-state index contributed by atoms with van der Waals surface area (Å²) < 4.78 is 15.9. The molecule has 9 heteroatoms. The van der Waals surface area contributed by atoms with Crippen LogP contribution in [-0.2, 0) is 22.5 Å². The summed E-state index contributed by atoms with van der Waals surface area (Å²) in [4.78, 5) is 32.5. The first-order chi connectivity index (χ1) is 14.1. The van der Waals surface area contributed by atoms with Crippen LogP contribution in [0.2, 0.25) is 0 Å². The lowest BCUT2D eigenvalue weighted by Crippen LogP contribution is -2.35. The van der Waals surface area contributed by atoms with E-state index in [9.17, 15) is 9.59 Å². The maximum atomic E-state index is 13.0. The normalized spacial score (nSPS) is 18.3. The van der Waals surface area contributed by atoms with Gasteiger partial charge in [-0.15, -0.1) is 0 Å². The zero-order valence-corrected chi connectivity index (χ0v) is 17.2. The minimum absolute atomic E-state index is 0.0741. The Bertz CT molecular complexity index is 923. The van der Waals surface area contributed by atoms with Gasteiger partial charge in [-0.3, -0.25) is 14.9 Å². The average Bonchev–Trinajstić information content (AvgIpc) is 3.41. The van der Waals surface area contributed by atoms with Gasteiger partial charge in [0.2, 0.25) is 0 Å². The summed E-state index contributed by atoms with van der Waals surface area (Å²) in [6.45, 7) is 1.67. The molecule has 0 radical (unpaired) electrons. The molecule has 0 bridgehead atoms. The van der Waals surface area contributed by atoms with Gasteiger partial charge in [-0.2, -0.15) is 0 Å². The Labute approximate surface area is 172 Å². The first-order valence-electron chi connectivity index (χ1n) is 9.51. The molecule has 0 aliphatic carbocycles. The fourth-order valence-corrected chi connectivity index (χ4v) is 4.57. The molecule has 0 saturated carbocycles. The lowest BCUT2D eigenvalue weighted by Gasteiger charge is -2.26. The third-order valence-corrected chi connectivity index (χ3v) is 6.10. The number of anilines is 1. The van der Waals surface area contributed by atoms with E-state index in [4.69, 9.17) is 14.2 Å². The number of ether oxygens (including phenoxy) is 3. The third-order valence-electron chi connectivity index (χ3n) is 5.10. The maximum Gasteiger partial charge on any atom is 0.255 e. The highest BCUT2D eigenvalue weighted by atomic mass is 32.1. The molecule has 1 aromatic carbocycles. The zero-order valence-electron chi connectivity index (χ0n) is 16.4. The molecule has 2 aliphatic rings. The predicted molar refractivity (Wildman–Crippen MR) is 108 cm³/mol. The van der Waals surface area contributed by atoms with E-state index in [1.807, 2.05) is 0 Å². The van der Waals surface area contributed by atoms with Gasteiger partial charge < -0.3 is 19.1 Å². The van der Waals surface area contributed by atoms with E-state index in [-0.39, 0.29) is 17.9 Å². The standard InChI is InChI=1S/C20H23N3O5S/c1-26-14-6-5-12(10-16(14)27-2)19(25)23-8-7-13-17(11-23)29-20(21-13)22-18(24)15-4-3-9-28-15/h5-6,10,15H,3-4,7-9,11H2,1-2H3,(H,21,22,24). The zero-order chi connectivity index (χ0) is 20.4. The van der Waals surface area contributed by atoms with Crippen molar-refractivity contribution in [1.82, 2.24) is 9.88 Å². The summed E-state index contributed by atoms with van der Waals surface area (Å²) in [7, 11) is 3.10. The van der Waals surface area contributed by atoms with E-state index in [2.05, 4.69) is 10.3 Å². The topological polar surface area (TPSA) is 90.0 Å². The Kier molecular flexibility index (Phi) is 5.68. The molecule has 1 unspecified atom stereocenters. The summed E-state index contributed by atoms with van der Waals surface area (Å²) in [5.41, 5.74) is 1.48. The molecule has 1 fully saturated rings. The molecular formula is C20H23N3O5S. The van der Waals surface area contributed by atoms with Crippen LogP contribution in [0.3, 0.4) is 0 Å². The first-order valence-corrected chi connectivity index (χ1v) is 10.3. The van der Waals surface area contributed by atoms with Crippen LogP contribution in [0.5, 0.6) is 11.5 Å². The largest absolute Gasteiger partial charge is 0.493 e. The van der Waals surface area contributed by atoms with Crippen LogP contribution in [0.4, 0.5) is 5.13 Å². The third kappa shape index (κ3) is 4.06. The van der Waals surface area contributed by atoms with E-state index in [1.165, 1.54) is 11.3 Å². The minimum atomic E-state index is -0.390. The van der Waals surface area contributed by atoms with Gasteiger partial charge in [0.1, 0.15) is 6.10 Å². The van der Waals surface area contributed by atoms with Crippen molar-refractivity contribution in [2.75, 3.05) is 32.7 Å². The van der Waals surface area contributed by atoms with Crippen LogP contribution >= 0.6 is 11.3 Å². The van der Waals surface area contributed by atoms with E-state index >= 15 is 0 Å². The highest BCUT2D eigenvalue weighted by Gasteiger charge is 2.28. The average molecular weight is 417 g/mol.